The van der Waals surface area contributed by atoms with Crippen LogP contribution in [0.15, 0.2) is 241 Å². The second kappa shape index (κ2) is 25.9. The molecule has 348 valence electrons. The number of para-hydroxylation sites is 6. The highest BCUT2D eigenvalue weighted by molar-refractivity contribution is 8.00. The lowest BCUT2D eigenvalue weighted by molar-refractivity contribution is 0.204. The number of hydrazone groups is 2. The van der Waals surface area contributed by atoms with Crippen molar-refractivity contribution in [3.63, 3.8) is 0 Å². The predicted molar refractivity (Wildman–Crippen MR) is 296 cm³/mol. The molecule has 69 heavy (non-hydrogen) atoms. The van der Waals surface area contributed by atoms with Gasteiger partial charge in [-0.2, -0.15) is 33.7 Å². The molecule has 0 saturated heterocycles. The van der Waals surface area contributed by atoms with E-state index >= 15 is 0 Å². The Morgan fingerprint density at radius 1 is 0.348 bits per heavy atom. The fourth-order valence-corrected chi connectivity index (χ4v) is 9.71. The van der Waals surface area contributed by atoms with Crippen LogP contribution in [0.3, 0.4) is 0 Å². The number of hydrogen-bond donors (Lipinski definition) is 2. The molecule has 8 rings (SSSR count). The standard InChI is InChI=1S/C59H58N6O2S2/c66-58(44-62(50-20-7-1-8-21-50)60-42-48-32-36-56(37-33-48)64(52-24-11-3-12-25-52)53-26-13-4-14-27-53)46-68-40-19-41-69-47-59(67)45-63(51-22-9-2-10-23-51)61-43-49-34-38-57(39-35-49)65(54-28-15-5-16-29-54)55-30-17-6-18-31-55/h1-18,20-39,42-43,58-59,66-67H,19,40-41,44-47H2. The number of thioether (sulfide) groups is 2. The highest BCUT2D eigenvalue weighted by Gasteiger charge is 2.16. The molecule has 0 fully saturated rings. The Morgan fingerprint density at radius 3 is 0.899 bits per heavy atom. The van der Waals surface area contributed by atoms with Gasteiger partial charge in [0.25, 0.3) is 0 Å². The molecule has 0 aromatic heterocycles. The lowest BCUT2D eigenvalue weighted by atomic mass is 10.1. The molecule has 0 aliphatic heterocycles. The number of rotatable bonds is 24. The number of hydrogen-bond acceptors (Lipinski definition) is 10. The van der Waals surface area contributed by atoms with Crippen molar-refractivity contribution in [2.45, 2.75) is 18.6 Å². The van der Waals surface area contributed by atoms with Crippen LogP contribution in [0, 0.1) is 0 Å². The van der Waals surface area contributed by atoms with Gasteiger partial charge in [0, 0.05) is 45.6 Å². The van der Waals surface area contributed by atoms with Crippen molar-refractivity contribution < 1.29 is 10.2 Å². The molecule has 0 heterocycles. The Balaban J connectivity index is 0.795. The van der Waals surface area contributed by atoms with Crippen molar-refractivity contribution in [1.29, 1.82) is 0 Å². The van der Waals surface area contributed by atoms with Crippen molar-refractivity contribution in [3.8, 4) is 0 Å². The third kappa shape index (κ3) is 14.5. The molecule has 8 aromatic rings. The van der Waals surface area contributed by atoms with E-state index in [0.29, 0.717) is 24.6 Å². The number of aliphatic hydroxyl groups is 2. The molecular weight excluding hydrogens is 889 g/mol. The molecule has 0 aliphatic rings. The van der Waals surface area contributed by atoms with Crippen LogP contribution >= 0.6 is 23.5 Å². The maximum atomic E-state index is 11.2. The van der Waals surface area contributed by atoms with Crippen LogP contribution in [-0.2, 0) is 0 Å². The van der Waals surface area contributed by atoms with Gasteiger partial charge in [-0.15, -0.1) is 0 Å². The van der Waals surface area contributed by atoms with Gasteiger partial charge >= 0.3 is 0 Å². The van der Waals surface area contributed by atoms with E-state index in [0.717, 1.165) is 74.6 Å². The van der Waals surface area contributed by atoms with E-state index in [1.54, 1.807) is 23.5 Å². The van der Waals surface area contributed by atoms with Crippen LogP contribution < -0.4 is 19.8 Å². The summed E-state index contributed by atoms with van der Waals surface area (Å²) in [6.45, 7) is 0.740. The average molecular weight is 947 g/mol. The fourth-order valence-electron chi connectivity index (χ4n) is 7.74. The van der Waals surface area contributed by atoms with Gasteiger partial charge in [0.15, 0.2) is 0 Å². The van der Waals surface area contributed by atoms with Crippen molar-refractivity contribution in [1.82, 2.24) is 0 Å². The van der Waals surface area contributed by atoms with Gasteiger partial charge in [0.1, 0.15) is 0 Å². The Hall–Kier alpha value is -7.08. The largest absolute Gasteiger partial charge is 0.390 e. The Labute approximate surface area is 415 Å². The number of aliphatic hydroxyl groups excluding tert-OH is 2. The molecule has 0 amide bonds. The summed E-state index contributed by atoms with van der Waals surface area (Å²) in [6.07, 6.45) is 3.54. The van der Waals surface area contributed by atoms with Crippen molar-refractivity contribution in [3.05, 3.63) is 242 Å². The molecular formula is C59H58N6O2S2. The molecule has 10 heteroatoms. The maximum absolute atomic E-state index is 11.2. The third-order valence-electron chi connectivity index (χ3n) is 11.1. The van der Waals surface area contributed by atoms with Crippen LogP contribution in [0.2, 0.25) is 0 Å². The molecule has 8 aromatic carbocycles. The second-order valence-corrected chi connectivity index (χ2v) is 18.6. The van der Waals surface area contributed by atoms with Crippen molar-refractivity contribution in [2.75, 3.05) is 55.9 Å². The highest BCUT2D eigenvalue weighted by atomic mass is 32.2. The van der Waals surface area contributed by atoms with E-state index in [1.807, 2.05) is 107 Å². The molecule has 2 unspecified atom stereocenters. The van der Waals surface area contributed by atoms with Crippen LogP contribution in [-0.4, -0.2) is 71.0 Å². The van der Waals surface area contributed by atoms with E-state index in [4.69, 9.17) is 10.2 Å². The van der Waals surface area contributed by atoms with Gasteiger partial charge in [-0.05, 0) is 126 Å². The normalized spacial score (nSPS) is 12.2. The molecule has 8 nitrogen and oxygen atoms in total. The molecule has 2 N–H and O–H groups in total. The zero-order valence-electron chi connectivity index (χ0n) is 38.6. The smallest absolute Gasteiger partial charge is 0.0826 e. The first kappa shape index (κ1) is 48.4. The Kier molecular flexibility index (Phi) is 18.2. The van der Waals surface area contributed by atoms with Crippen LogP contribution in [0.4, 0.5) is 45.5 Å². The lowest BCUT2D eigenvalue weighted by Gasteiger charge is -2.25. The Bertz CT molecular complexity index is 2470. The second-order valence-electron chi connectivity index (χ2n) is 16.3. The molecule has 2 atom stereocenters. The molecule has 0 radical (unpaired) electrons. The van der Waals surface area contributed by atoms with Crippen LogP contribution in [0.5, 0.6) is 0 Å². The average Bonchev–Trinajstić information content (AvgIpc) is 3.41. The zero-order chi connectivity index (χ0) is 47.3. The van der Waals surface area contributed by atoms with Gasteiger partial charge in [-0.3, -0.25) is 10.0 Å². The minimum atomic E-state index is -0.574. The first-order valence-electron chi connectivity index (χ1n) is 23.3. The summed E-state index contributed by atoms with van der Waals surface area (Å²) in [7, 11) is 0. The van der Waals surface area contributed by atoms with Crippen LogP contribution in [0.25, 0.3) is 0 Å². The summed E-state index contributed by atoms with van der Waals surface area (Å²) in [4.78, 5) is 4.47. The molecule has 0 spiro atoms. The minimum absolute atomic E-state index is 0.370. The summed E-state index contributed by atoms with van der Waals surface area (Å²) in [5, 5.41) is 35.8. The quantitative estimate of drug-likeness (QED) is 0.0352. The monoisotopic (exact) mass is 946 g/mol. The van der Waals surface area contributed by atoms with E-state index in [1.165, 1.54) is 0 Å². The third-order valence-corrected chi connectivity index (χ3v) is 13.5. The molecule has 0 aliphatic carbocycles. The van der Waals surface area contributed by atoms with E-state index in [-0.39, 0.29) is 0 Å². The van der Waals surface area contributed by atoms with Gasteiger partial charge in [0.05, 0.1) is 49.1 Å². The SMILES string of the molecule is OC(CSCCCSCC(O)CN(N=Cc1ccc(N(c2ccccc2)c2ccccc2)cc1)c1ccccc1)CN(N=Cc1ccc(N(c2ccccc2)c2ccccc2)cc1)c1ccccc1. The topological polar surface area (TPSA) is 78.1 Å². The van der Waals surface area contributed by atoms with Gasteiger partial charge < -0.3 is 20.0 Å². The fraction of sp³-hybridized carbons (Fsp3) is 0.153. The predicted octanol–water partition coefficient (Wildman–Crippen LogP) is 13.6. The number of benzene rings is 8. The summed E-state index contributed by atoms with van der Waals surface area (Å²) in [5.41, 5.74) is 10.2. The first-order valence-corrected chi connectivity index (χ1v) is 25.6. The summed E-state index contributed by atoms with van der Waals surface area (Å²) < 4.78 is 0. The number of nitrogens with zero attached hydrogens (tertiary/aromatic N) is 6. The van der Waals surface area contributed by atoms with Crippen LogP contribution in [0.1, 0.15) is 17.5 Å². The van der Waals surface area contributed by atoms with Crippen molar-refractivity contribution >= 4 is 81.5 Å². The molecule has 0 saturated carbocycles. The first-order chi connectivity index (χ1) is 34.1. The van der Waals surface area contributed by atoms with Crippen molar-refractivity contribution in [2.24, 2.45) is 10.2 Å². The summed E-state index contributed by atoms with van der Waals surface area (Å²) >= 11 is 3.49. The summed E-state index contributed by atoms with van der Waals surface area (Å²) in [6, 6.07) is 78.2. The lowest BCUT2D eigenvalue weighted by Crippen LogP contribution is -2.30. The zero-order valence-corrected chi connectivity index (χ0v) is 40.2. The summed E-state index contributed by atoms with van der Waals surface area (Å²) in [5.74, 6) is 3.02. The van der Waals surface area contributed by atoms with E-state index in [2.05, 4.69) is 155 Å². The maximum Gasteiger partial charge on any atom is 0.0826 e. The number of anilines is 8. The Morgan fingerprint density at radius 2 is 0.609 bits per heavy atom. The van der Waals surface area contributed by atoms with Gasteiger partial charge in [0.2, 0.25) is 0 Å². The minimum Gasteiger partial charge on any atom is -0.390 e. The van der Waals surface area contributed by atoms with Gasteiger partial charge in [-0.25, -0.2) is 0 Å². The van der Waals surface area contributed by atoms with E-state index in [9.17, 15) is 10.2 Å². The highest BCUT2D eigenvalue weighted by Crippen LogP contribution is 2.35. The molecule has 0 bridgehead atoms. The van der Waals surface area contributed by atoms with Gasteiger partial charge in [-0.1, -0.05) is 133 Å². The van der Waals surface area contributed by atoms with E-state index < -0.39 is 12.2 Å².